The van der Waals surface area contributed by atoms with Crippen molar-refractivity contribution in [2.24, 2.45) is 0 Å². The topological polar surface area (TPSA) is 70.8 Å². The number of hydrogen-bond acceptors (Lipinski definition) is 4. The van der Waals surface area contributed by atoms with E-state index in [2.05, 4.69) is 6.58 Å². The molecule has 1 aliphatic rings. The number of furan rings is 1. The zero-order valence-electron chi connectivity index (χ0n) is 15.6. The standard InChI is InChI=1S/C23H18N2O4/c1-2-12-24(17-7-4-3-5-8-17)21(26)16-10-11-19-20(14-16)23(28)25(22(19)27)15-18-9-6-13-29-18/h2-11,13-14H,1,12,15H2. The lowest BCUT2D eigenvalue weighted by Gasteiger charge is -2.21. The molecule has 144 valence electrons. The predicted molar refractivity (Wildman–Crippen MR) is 108 cm³/mol. The number of benzene rings is 2. The van der Waals surface area contributed by atoms with Crippen LogP contribution >= 0.6 is 0 Å². The Balaban J connectivity index is 1.64. The van der Waals surface area contributed by atoms with Crippen LogP contribution in [0.15, 0.2) is 84.0 Å². The van der Waals surface area contributed by atoms with Crippen molar-refractivity contribution in [1.82, 2.24) is 4.90 Å². The van der Waals surface area contributed by atoms with Crippen molar-refractivity contribution in [2.45, 2.75) is 6.54 Å². The van der Waals surface area contributed by atoms with Crippen LogP contribution in [0.25, 0.3) is 0 Å². The van der Waals surface area contributed by atoms with Crippen LogP contribution < -0.4 is 4.90 Å². The Morgan fingerprint density at radius 3 is 2.45 bits per heavy atom. The van der Waals surface area contributed by atoms with Gasteiger partial charge in [-0.1, -0.05) is 24.3 Å². The number of amides is 3. The summed E-state index contributed by atoms with van der Waals surface area (Å²) >= 11 is 0. The smallest absolute Gasteiger partial charge is 0.261 e. The highest BCUT2D eigenvalue weighted by atomic mass is 16.3. The number of nitrogens with zero attached hydrogens (tertiary/aromatic N) is 2. The van der Waals surface area contributed by atoms with Gasteiger partial charge in [-0.15, -0.1) is 6.58 Å². The summed E-state index contributed by atoms with van der Waals surface area (Å²) in [6.45, 7) is 4.09. The lowest BCUT2D eigenvalue weighted by molar-refractivity contribution is 0.0631. The maximum Gasteiger partial charge on any atom is 0.261 e. The predicted octanol–water partition coefficient (Wildman–Crippen LogP) is 3.91. The van der Waals surface area contributed by atoms with E-state index in [9.17, 15) is 14.4 Å². The van der Waals surface area contributed by atoms with Gasteiger partial charge in [0.05, 0.1) is 23.9 Å². The fourth-order valence-electron chi connectivity index (χ4n) is 3.32. The molecule has 2 aromatic carbocycles. The fourth-order valence-corrected chi connectivity index (χ4v) is 3.32. The van der Waals surface area contributed by atoms with Crippen molar-refractivity contribution in [3.05, 3.63) is 102 Å². The second-order valence-electron chi connectivity index (χ2n) is 6.58. The molecule has 0 bridgehead atoms. The third-order valence-electron chi connectivity index (χ3n) is 4.74. The number of anilines is 1. The molecule has 0 aliphatic carbocycles. The molecule has 0 unspecified atom stereocenters. The molecule has 0 spiro atoms. The SMILES string of the molecule is C=CCN(C(=O)c1ccc2c(c1)C(=O)N(Cc1ccco1)C2=O)c1ccccc1. The summed E-state index contributed by atoms with van der Waals surface area (Å²) < 4.78 is 5.24. The number of imide groups is 1. The minimum atomic E-state index is -0.439. The van der Waals surface area contributed by atoms with E-state index in [0.717, 1.165) is 10.6 Å². The summed E-state index contributed by atoms with van der Waals surface area (Å²) in [7, 11) is 0. The van der Waals surface area contributed by atoms with Gasteiger partial charge in [0.1, 0.15) is 5.76 Å². The first-order chi connectivity index (χ1) is 14.1. The molecule has 3 aromatic rings. The quantitative estimate of drug-likeness (QED) is 0.476. The molecule has 0 atom stereocenters. The monoisotopic (exact) mass is 386 g/mol. The molecule has 0 radical (unpaired) electrons. The number of rotatable bonds is 6. The summed E-state index contributed by atoms with van der Waals surface area (Å²) in [6.07, 6.45) is 3.13. The highest BCUT2D eigenvalue weighted by Crippen LogP contribution is 2.27. The highest BCUT2D eigenvalue weighted by molar-refractivity contribution is 6.22. The first-order valence-electron chi connectivity index (χ1n) is 9.10. The Kier molecular flexibility index (Phi) is 4.83. The van der Waals surface area contributed by atoms with E-state index in [1.54, 1.807) is 29.2 Å². The Hall–Kier alpha value is -3.93. The van der Waals surface area contributed by atoms with Gasteiger partial charge in [-0.25, -0.2) is 0 Å². The van der Waals surface area contributed by atoms with Crippen molar-refractivity contribution >= 4 is 23.4 Å². The molecule has 6 heteroatoms. The largest absolute Gasteiger partial charge is 0.467 e. The minimum Gasteiger partial charge on any atom is -0.467 e. The molecule has 4 rings (SSSR count). The average Bonchev–Trinajstić information content (AvgIpc) is 3.35. The van der Waals surface area contributed by atoms with Crippen molar-refractivity contribution in [3.8, 4) is 0 Å². The first kappa shape index (κ1) is 18.4. The molecule has 6 nitrogen and oxygen atoms in total. The van der Waals surface area contributed by atoms with Gasteiger partial charge >= 0.3 is 0 Å². The van der Waals surface area contributed by atoms with E-state index in [4.69, 9.17) is 4.42 Å². The Bertz CT molecular complexity index is 1090. The van der Waals surface area contributed by atoms with Crippen molar-refractivity contribution in [3.63, 3.8) is 0 Å². The second-order valence-corrected chi connectivity index (χ2v) is 6.58. The van der Waals surface area contributed by atoms with E-state index in [1.165, 1.54) is 18.4 Å². The molecule has 0 fully saturated rings. The van der Waals surface area contributed by atoms with Crippen LogP contribution in [-0.4, -0.2) is 29.2 Å². The summed E-state index contributed by atoms with van der Waals surface area (Å²) in [5.74, 6) is -0.599. The van der Waals surface area contributed by atoms with Gasteiger partial charge in [0, 0.05) is 17.8 Å². The molecule has 0 N–H and O–H groups in total. The minimum absolute atomic E-state index is 0.0508. The molecule has 0 saturated carbocycles. The van der Waals surface area contributed by atoms with Crippen molar-refractivity contribution < 1.29 is 18.8 Å². The number of carbonyl (C=O) groups is 3. The third-order valence-corrected chi connectivity index (χ3v) is 4.74. The molecule has 1 aromatic heterocycles. The second kappa shape index (κ2) is 7.59. The summed E-state index contributed by atoms with van der Waals surface area (Å²) in [4.78, 5) is 41.2. The van der Waals surface area contributed by atoms with Gasteiger partial charge in [-0.05, 0) is 42.5 Å². The number of hydrogen-bond donors (Lipinski definition) is 0. The zero-order chi connectivity index (χ0) is 20.4. The summed E-state index contributed by atoms with van der Waals surface area (Å²) in [6, 6.07) is 17.2. The fraction of sp³-hybridized carbons (Fsp3) is 0.0870. The van der Waals surface area contributed by atoms with Gasteiger partial charge in [0.2, 0.25) is 0 Å². The lowest BCUT2D eigenvalue weighted by atomic mass is 10.0. The molecule has 1 aliphatic heterocycles. The number of para-hydroxylation sites is 1. The van der Waals surface area contributed by atoms with Gasteiger partial charge in [-0.2, -0.15) is 0 Å². The van der Waals surface area contributed by atoms with Crippen LogP contribution in [0.3, 0.4) is 0 Å². The van der Waals surface area contributed by atoms with E-state index < -0.39 is 11.8 Å². The molecule has 3 amide bonds. The maximum absolute atomic E-state index is 13.1. The lowest BCUT2D eigenvalue weighted by Crippen LogP contribution is -2.31. The molecular formula is C23H18N2O4. The molecule has 29 heavy (non-hydrogen) atoms. The maximum atomic E-state index is 13.1. The Morgan fingerprint density at radius 1 is 1.00 bits per heavy atom. The van der Waals surface area contributed by atoms with Gasteiger partial charge < -0.3 is 9.32 Å². The summed E-state index contributed by atoms with van der Waals surface area (Å²) in [5.41, 5.74) is 1.56. The molecule has 2 heterocycles. The number of carbonyl (C=O) groups excluding carboxylic acids is 3. The van der Waals surface area contributed by atoms with E-state index in [-0.39, 0.29) is 23.6 Å². The van der Waals surface area contributed by atoms with Crippen LogP contribution in [0, 0.1) is 0 Å². The highest BCUT2D eigenvalue weighted by Gasteiger charge is 2.36. The first-order valence-corrected chi connectivity index (χ1v) is 9.10. The third kappa shape index (κ3) is 3.36. The van der Waals surface area contributed by atoms with Crippen LogP contribution in [0.4, 0.5) is 5.69 Å². The normalized spacial score (nSPS) is 12.8. The van der Waals surface area contributed by atoms with Gasteiger partial charge in [-0.3, -0.25) is 19.3 Å². The van der Waals surface area contributed by atoms with E-state index in [0.29, 0.717) is 17.9 Å². The zero-order valence-corrected chi connectivity index (χ0v) is 15.6. The van der Waals surface area contributed by atoms with Gasteiger partial charge in [0.25, 0.3) is 17.7 Å². The Morgan fingerprint density at radius 2 is 1.76 bits per heavy atom. The van der Waals surface area contributed by atoms with Crippen LogP contribution in [0.2, 0.25) is 0 Å². The molecule has 0 saturated heterocycles. The van der Waals surface area contributed by atoms with Crippen LogP contribution in [0.1, 0.15) is 36.8 Å². The van der Waals surface area contributed by atoms with E-state index >= 15 is 0 Å². The van der Waals surface area contributed by atoms with Gasteiger partial charge in [0.15, 0.2) is 0 Å². The van der Waals surface area contributed by atoms with E-state index in [1.807, 2.05) is 30.3 Å². The Labute approximate surface area is 167 Å². The average molecular weight is 386 g/mol. The summed E-state index contributed by atoms with van der Waals surface area (Å²) in [5, 5.41) is 0. The molecular weight excluding hydrogens is 368 g/mol. The van der Waals surface area contributed by atoms with Crippen LogP contribution in [-0.2, 0) is 6.54 Å². The van der Waals surface area contributed by atoms with Crippen molar-refractivity contribution in [2.75, 3.05) is 11.4 Å². The number of fused-ring (bicyclic) bond motifs is 1. The van der Waals surface area contributed by atoms with Crippen molar-refractivity contribution in [1.29, 1.82) is 0 Å². The van der Waals surface area contributed by atoms with Crippen LogP contribution in [0.5, 0.6) is 0 Å².